The second-order valence-electron chi connectivity index (χ2n) is 2.29. The zero-order valence-corrected chi connectivity index (χ0v) is 9.59. The highest BCUT2D eigenvalue weighted by molar-refractivity contribution is 6.42. The molecule has 0 fully saturated rings. The van der Waals surface area contributed by atoms with Gasteiger partial charge in [-0.05, 0) is 13.8 Å². The van der Waals surface area contributed by atoms with Crippen molar-refractivity contribution in [1.29, 1.82) is 0 Å². The van der Waals surface area contributed by atoms with Crippen molar-refractivity contribution in [2.45, 2.75) is 13.8 Å². The molecule has 0 unspecified atom stereocenters. The number of esters is 2. The molecule has 0 atom stereocenters. The van der Waals surface area contributed by atoms with Gasteiger partial charge in [0.25, 0.3) is 0 Å². The van der Waals surface area contributed by atoms with Crippen LogP contribution in [0.3, 0.4) is 0 Å². The zero-order chi connectivity index (χ0) is 11.8. The highest BCUT2D eigenvalue weighted by Gasteiger charge is 2.22. The molecule has 0 aromatic heterocycles. The van der Waals surface area contributed by atoms with Gasteiger partial charge in [-0.3, -0.25) is 0 Å². The first-order chi connectivity index (χ1) is 7.08. The van der Waals surface area contributed by atoms with Gasteiger partial charge < -0.3 is 14.2 Å². The van der Waals surface area contributed by atoms with Gasteiger partial charge in [0.05, 0.1) is 20.3 Å². The Labute approximate surface area is 92.9 Å². The standard InChI is InChI=1S/C9H13ClO5/c1-4-14-8(11)6(10)7(13-3)9(12)15-5-2/h4-5H2,1-3H3/b7-6+. The predicted octanol–water partition coefficient (Wildman–Crippen LogP) is 1.21. The molecule has 6 heteroatoms. The number of rotatable bonds is 5. The summed E-state index contributed by atoms with van der Waals surface area (Å²) in [7, 11) is 1.22. The van der Waals surface area contributed by atoms with Crippen LogP contribution in [-0.4, -0.2) is 32.3 Å². The van der Waals surface area contributed by atoms with E-state index in [1.165, 1.54) is 7.11 Å². The van der Waals surface area contributed by atoms with Gasteiger partial charge in [-0.1, -0.05) is 11.6 Å². The lowest BCUT2D eigenvalue weighted by Gasteiger charge is -2.07. The van der Waals surface area contributed by atoms with E-state index < -0.39 is 17.0 Å². The van der Waals surface area contributed by atoms with E-state index in [9.17, 15) is 9.59 Å². The molecule has 0 rings (SSSR count). The maximum absolute atomic E-state index is 11.2. The number of ether oxygens (including phenoxy) is 3. The Morgan fingerprint density at radius 3 is 1.93 bits per heavy atom. The number of halogens is 1. The lowest BCUT2D eigenvalue weighted by atomic mass is 10.4. The molecule has 0 N–H and O–H groups in total. The third-order valence-corrected chi connectivity index (χ3v) is 1.64. The van der Waals surface area contributed by atoms with Gasteiger partial charge in [-0.25, -0.2) is 9.59 Å². The molecule has 0 aliphatic rings. The van der Waals surface area contributed by atoms with Crippen molar-refractivity contribution in [2.24, 2.45) is 0 Å². The number of hydrogen-bond acceptors (Lipinski definition) is 5. The van der Waals surface area contributed by atoms with Crippen molar-refractivity contribution in [3.05, 3.63) is 10.8 Å². The average molecular weight is 237 g/mol. The molecule has 86 valence electrons. The van der Waals surface area contributed by atoms with E-state index >= 15 is 0 Å². The smallest absolute Gasteiger partial charge is 0.375 e. The van der Waals surface area contributed by atoms with Crippen LogP contribution in [-0.2, 0) is 23.8 Å². The Balaban J connectivity index is 4.80. The third-order valence-electron chi connectivity index (χ3n) is 1.32. The first-order valence-corrected chi connectivity index (χ1v) is 4.74. The monoisotopic (exact) mass is 236 g/mol. The minimum Gasteiger partial charge on any atom is -0.489 e. The van der Waals surface area contributed by atoms with Crippen LogP contribution in [0.25, 0.3) is 0 Å². The second-order valence-corrected chi connectivity index (χ2v) is 2.67. The molecule has 0 aromatic carbocycles. The SMILES string of the molecule is CCOC(=O)/C(Cl)=C(\OC)C(=O)OCC. The maximum atomic E-state index is 11.2. The molecule has 0 aliphatic heterocycles. The topological polar surface area (TPSA) is 61.8 Å². The van der Waals surface area contributed by atoms with Crippen LogP contribution in [0, 0.1) is 0 Å². The van der Waals surface area contributed by atoms with Gasteiger partial charge in [0.15, 0.2) is 5.03 Å². The first kappa shape index (κ1) is 13.8. The number of carbonyl (C=O) groups is 2. The highest BCUT2D eigenvalue weighted by Crippen LogP contribution is 2.14. The summed E-state index contributed by atoms with van der Waals surface area (Å²) in [5, 5.41) is -0.419. The Kier molecular flexibility index (Phi) is 6.53. The molecule has 0 saturated heterocycles. The fourth-order valence-electron chi connectivity index (χ4n) is 0.746. The fraction of sp³-hybridized carbons (Fsp3) is 0.556. The van der Waals surface area contributed by atoms with Gasteiger partial charge in [0, 0.05) is 0 Å². The summed E-state index contributed by atoms with van der Waals surface area (Å²) in [6.45, 7) is 3.58. The van der Waals surface area contributed by atoms with Gasteiger partial charge >= 0.3 is 11.9 Å². The molecule has 0 spiro atoms. The summed E-state index contributed by atoms with van der Waals surface area (Å²) in [5.41, 5.74) is 0. The van der Waals surface area contributed by atoms with E-state index in [0.29, 0.717) is 0 Å². The van der Waals surface area contributed by atoms with E-state index in [4.69, 9.17) is 11.6 Å². The molecule has 0 radical (unpaired) electrons. The van der Waals surface area contributed by atoms with Crippen molar-refractivity contribution in [3.8, 4) is 0 Å². The van der Waals surface area contributed by atoms with Gasteiger partial charge in [0.1, 0.15) is 0 Å². The van der Waals surface area contributed by atoms with E-state index in [0.717, 1.165) is 0 Å². The molecule has 0 aliphatic carbocycles. The Morgan fingerprint density at radius 1 is 1.07 bits per heavy atom. The highest BCUT2D eigenvalue weighted by atomic mass is 35.5. The Morgan fingerprint density at radius 2 is 1.53 bits per heavy atom. The molecule has 0 bridgehead atoms. The molecular weight excluding hydrogens is 224 g/mol. The maximum Gasteiger partial charge on any atom is 0.375 e. The quantitative estimate of drug-likeness (QED) is 0.408. The minimum atomic E-state index is -0.816. The minimum absolute atomic E-state index is 0.162. The van der Waals surface area contributed by atoms with Crippen LogP contribution in [0.4, 0.5) is 0 Å². The van der Waals surface area contributed by atoms with Crippen LogP contribution in [0.5, 0.6) is 0 Å². The lowest BCUT2D eigenvalue weighted by Crippen LogP contribution is -2.15. The van der Waals surface area contributed by atoms with Crippen LogP contribution < -0.4 is 0 Å². The lowest BCUT2D eigenvalue weighted by molar-refractivity contribution is -0.144. The van der Waals surface area contributed by atoms with E-state index in [1.807, 2.05) is 0 Å². The van der Waals surface area contributed by atoms with Crippen molar-refractivity contribution in [1.82, 2.24) is 0 Å². The summed E-state index contributed by atoms with van der Waals surface area (Å²) >= 11 is 5.59. The van der Waals surface area contributed by atoms with Gasteiger partial charge in [-0.2, -0.15) is 0 Å². The summed E-state index contributed by atoms with van der Waals surface area (Å²) in [4.78, 5) is 22.4. The summed E-state index contributed by atoms with van der Waals surface area (Å²) < 4.78 is 13.9. The van der Waals surface area contributed by atoms with Crippen LogP contribution in [0.15, 0.2) is 10.8 Å². The molecule has 0 aromatic rings. The van der Waals surface area contributed by atoms with Gasteiger partial charge in [0.2, 0.25) is 5.76 Å². The molecule has 5 nitrogen and oxygen atoms in total. The number of carbonyl (C=O) groups excluding carboxylic acids is 2. The molecule has 0 saturated carbocycles. The van der Waals surface area contributed by atoms with Crippen molar-refractivity contribution >= 4 is 23.5 Å². The number of methoxy groups -OCH3 is 1. The molecule has 0 amide bonds. The largest absolute Gasteiger partial charge is 0.489 e. The van der Waals surface area contributed by atoms with Crippen molar-refractivity contribution in [2.75, 3.05) is 20.3 Å². The van der Waals surface area contributed by atoms with E-state index in [1.54, 1.807) is 13.8 Å². The Bertz CT molecular complexity index is 272. The van der Waals surface area contributed by atoms with E-state index in [-0.39, 0.29) is 19.0 Å². The van der Waals surface area contributed by atoms with E-state index in [2.05, 4.69) is 14.2 Å². The molecular formula is C9H13ClO5. The van der Waals surface area contributed by atoms with Crippen molar-refractivity contribution < 1.29 is 23.8 Å². The van der Waals surface area contributed by atoms with Crippen LogP contribution in [0.1, 0.15) is 13.8 Å². The van der Waals surface area contributed by atoms with Crippen molar-refractivity contribution in [3.63, 3.8) is 0 Å². The summed E-state index contributed by atoms with van der Waals surface area (Å²) in [6.07, 6.45) is 0. The Hall–Kier alpha value is -1.23. The summed E-state index contributed by atoms with van der Waals surface area (Å²) in [6, 6.07) is 0. The second kappa shape index (κ2) is 7.11. The predicted molar refractivity (Wildman–Crippen MR) is 53.2 cm³/mol. The normalized spacial score (nSPS) is 11.5. The van der Waals surface area contributed by atoms with Crippen LogP contribution >= 0.6 is 11.6 Å². The zero-order valence-electron chi connectivity index (χ0n) is 8.83. The first-order valence-electron chi connectivity index (χ1n) is 4.36. The third kappa shape index (κ3) is 4.20. The average Bonchev–Trinajstić information content (AvgIpc) is 2.19. The van der Waals surface area contributed by atoms with Gasteiger partial charge in [-0.15, -0.1) is 0 Å². The molecule has 0 heterocycles. The molecule has 15 heavy (non-hydrogen) atoms. The van der Waals surface area contributed by atoms with Crippen LogP contribution in [0.2, 0.25) is 0 Å². The summed E-state index contributed by atoms with van der Waals surface area (Å²) in [5.74, 6) is -1.96. The fourth-order valence-corrected chi connectivity index (χ4v) is 0.955. The number of hydrogen-bond donors (Lipinski definition) is 0.